The van der Waals surface area contributed by atoms with Gasteiger partial charge in [-0.15, -0.1) is 6.58 Å². The summed E-state index contributed by atoms with van der Waals surface area (Å²) in [5.41, 5.74) is 3.22. The first-order valence-corrected chi connectivity index (χ1v) is 16.4. The van der Waals surface area contributed by atoms with Gasteiger partial charge in [0, 0.05) is 26.1 Å². The Morgan fingerprint density at radius 2 is 1.50 bits per heavy atom. The lowest BCUT2D eigenvalue weighted by Crippen LogP contribution is -2.69. The number of carbonyl (C=O) groups is 4. The molecular formula is C38H41N7O5. The van der Waals surface area contributed by atoms with E-state index in [0.717, 1.165) is 11.1 Å². The number of hydrogen-bond acceptors (Lipinski definition) is 7. The van der Waals surface area contributed by atoms with Gasteiger partial charge in [-0.2, -0.15) is 0 Å². The molecule has 1 aromatic heterocycles. The number of aromatic nitrogens is 1. The van der Waals surface area contributed by atoms with Crippen LogP contribution in [0.3, 0.4) is 0 Å². The summed E-state index contributed by atoms with van der Waals surface area (Å²) in [6.45, 7) is 4.58. The van der Waals surface area contributed by atoms with Gasteiger partial charge in [0.2, 0.25) is 11.8 Å². The summed E-state index contributed by atoms with van der Waals surface area (Å²) in [5.74, 6) is -1.02. The minimum atomic E-state index is -0.997. The second kappa shape index (κ2) is 17.4. The van der Waals surface area contributed by atoms with Crippen molar-refractivity contribution in [2.45, 2.75) is 38.3 Å². The molecule has 1 aliphatic heterocycles. The van der Waals surface area contributed by atoms with E-state index in [1.165, 1.54) is 17.0 Å². The number of aromatic hydroxyl groups is 1. The molecule has 1 fully saturated rings. The standard InChI is InChI=1S/C38H41N7O5/c1-2-20-39-24-35(47)45-33(21-27-16-18-31(46)19-17-27)37(49)44(26-34(45)43-38(50)41-23-29-12-7-4-8-13-29)25-30-14-9-15-32(42-30)36(48)40-22-28-10-5-3-6-11-28/h2-19,33-34,39,46H,1,20-26H2,(H,40,48)(H2,41,43,50)/t33-,34+/m0/s1. The number of benzene rings is 3. The molecule has 0 spiro atoms. The zero-order valence-corrected chi connectivity index (χ0v) is 27.6. The van der Waals surface area contributed by atoms with Crippen LogP contribution in [0.15, 0.2) is 116 Å². The van der Waals surface area contributed by atoms with Crippen LogP contribution < -0.4 is 21.3 Å². The van der Waals surface area contributed by atoms with Gasteiger partial charge < -0.3 is 36.2 Å². The molecule has 3 aromatic carbocycles. The van der Waals surface area contributed by atoms with Crippen LogP contribution in [0.5, 0.6) is 5.75 Å². The molecule has 0 bridgehead atoms. The molecule has 5 N–H and O–H groups in total. The summed E-state index contributed by atoms with van der Waals surface area (Å²) in [6.07, 6.45) is 0.850. The molecule has 12 heteroatoms. The van der Waals surface area contributed by atoms with E-state index in [9.17, 15) is 24.3 Å². The Hall–Kier alpha value is -6.01. The van der Waals surface area contributed by atoms with Crippen LogP contribution in [-0.2, 0) is 35.6 Å². The van der Waals surface area contributed by atoms with Crippen LogP contribution in [0.2, 0.25) is 0 Å². The van der Waals surface area contributed by atoms with Gasteiger partial charge in [0.05, 0.1) is 25.3 Å². The van der Waals surface area contributed by atoms with Crippen molar-refractivity contribution in [2.75, 3.05) is 19.6 Å². The normalized spacial score (nSPS) is 15.6. The molecule has 1 saturated heterocycles. The molecule has 0 aliphatic carbocycles. The Kier molecular flexibility index (Phi) is 12.3. The Balaban J connectivity index is 1.39. The number of phenols is 1. The van der Waals surface area contributed by atoms with E-state index >= 15 is 0 Å². The van der Waals surface area contributed by atoms with E-state index in [4.69, 9.17) is 0 Å². The summed E-state index contributed by atoms with van der Waals surface area (Å²) in [7, 11) is 0. The lowest BCUT2D eigenvalue weighted by molar-refractivity contribution is -0.157. The molecule has 12 nitrogen and oxygen atoms in total. The first kappa shape index (κ1) is 35.3. The van der Waals surface area contributed by atoms with Crippen molar-refractivity contribution >= 4 is 23.8 Å². The van der Waals surface area contributed by atoms with Gasteiger partial charge >= 0.3 is 6.03 Å². The molecule has 5 rings (SSSR count). The first-order valence-electron chi connectivity index (χ1n) is 16.4. The number of nitrogens with zero attached hydrogens (tertiary/aromatic N) is 3. The third kappa shape index (κ3) is 9.77. The highest BCUT2D eigenvalue weighted by molar-refractivity contribution is 5.92. The predicted octanol–water partition coefficient (Wildman–Crippen LogP) is 3.10. The number of pyridine rings is 1. The average Bonchev–Trinajstić information content (AvgIpc) is 3.13. The average molecular weight is 676 g/mol. The molecule has 0 saturated carbocycles. The molecule has 1 aliphatic rings. The number of amides is 5. The minimum absolute atomic E-state index is 0.0248. The van der Waals surface area contributed by atoms with Crippen LogP contribution in [0, 0.1) is 0 Å². The number of urea groups is 1. The summed E-state index contributed by atoms with van der Waals surface area (Å²) >= 11 is 0. The zero-order valence-electron chi connectivity index (χ0n) is 27.6. The van der Waals surface area contributed by atoms with Crippen molar-refractivity contribution in [1.82, 2.24) is 36.1 Å². The molecule has 0 unspecified atom stereocenters. The van der Waals surface area contributed by atoms with Crippen LogP contribution in [0.4, 0.5) is 4.79 Å². The molecule has 2 atom stereocenters. The highest BCUT2D eigenvalue weighted by Crippen LogP contribution is 2.23. The number of hydrogen-bond donors (Lipinski definition) is 5. The maximum Gasteiger partial charge on any atom is 0.316 e. The number of piperazine rings is 1. The Bertz CT molecular complexity index is 1770. The van der Waals surface area contributed by atoms with Crippen molar-refractivity contribution in [3.63, 3.8) is 0 Å². The Labute approximate surface area is 291 Å². The van der Waals surface area contributed by atoms with Gasteiger partial charge in [-0.3, -0.25) is 14.4 Å². The van der Waals surface area contributed by atoms with Crippen molar-refractivity contribution in [3.05, 3.63) is 144 Å². The van der Waals surface area contributed by atoms with Gasteiger partial charge in [0.15, 0.2) is 0 Å². The van der Waals surface area contributed by atoms with E-state index in [1.54, 1.807) is 41.3 Å². The van der Waals surface area contributed by atoms with Gasteiger partial charge in [-0.1, -0.05) is 84.9 Å². The highest BCUT2D eigenvalue weighted by atomic mass is 16.3. The third-order valence-electron chi connectivity index (χ3n) is 8.16. The predicted molar refractivity (Wildman–Crippen MR) is 188 cm³/mol. The fourth-order valence-corrected chi connectivity index (χ4v) is 5.69. The SMILES string of the molecule is C=CCNCC(=O)N1[C@@H](NC(=O)NCc2ccccc2)CN(Cc2cccc(C(=O)NCc3ccccc3)n2)C(=O)[C@@H]1Cc1ccc(O)cc1. The number of rotatable bonds is 14. The lowest BCUT2D eigenvalue weighted by atomic mass is 9.99. The number of nitrogens with one attached hydrogen (secondary N) is 4. The van der Waals surface area contributed by atoms with Crippen LogP contribution in [-0.4, -0.2) is 75.5 Å². The molecule has 0 radical (unpaired) electrons. The molecule has 258 valence electrons. The number of phenolic OH excluding ortho intramolecular Hbond substituents is 1. The monoisotopic (exact) mass is 675 g/mol. The van der Waals surface area contributed by atoms with Crippen LogP contribution in [0.1, 0.15) is 32.9 Å². The lowest BCUT2D eigenvalue weighted by Gasteiger charge is -2.46. The quantitative estimate of drug-likeness (QED) is 0.102. The van der Waals surface area contributed by atoms with Gasteiger partial charge in [0.25, 0.3) is 5.91 Å². The second-order valence-corrected chi connectivity index (χ2v) is 11.8. The van der Waals surface area contributed by atoms with Crippen LogP contribution >= 0.6 is 0 Å². The van der Waals surface area contributed by atoms with E-state index < -0.39 is 18.2 Å². The highest BCUT2D eigenvalue weighted by Gasteiger charge is 2.43. The Morgan fingerprint density at radius 1 is 0.840 bits per heavy atom. The largest absolute Gasteiger partial charge is 0.508 e. The molecule has 2 heterocycles. The smallest absolute Gasteiger partial charge is 0.316 e. The van der Waals surface area contributed by atoms with E-state index in [2.05, 4.69) is 32.8 Å². The van der Waals surface area contributed by atoms with Gasteiger partial charge in [-0.25, -0.2) is 9.78 Å². The van der Waals surface area contributed by atoms with Crippen molar-refractivity contribution in [1.29, 1.82) is 0 Å². The fourth-order valence-electron chi connectivity index (χ4n) is 5.69. The molecular weight excluding hydrogens is 634 g/mol. The summed E-state index contributed by atoms with van der Waals surface area (Å²) in [5, 5.41) is 21.5. The van der Waals surface area contributed by atoms with Crippen molar-refractivity contribution in [3.8, 4) is 5.75 Å². The van der Waals surface area contributed by atoms with Crippen LogP contribution in [0.25, 0.3) is 0 Å². The van der Waals surface area contributed by atoms with Gasteiger partial charge in [0.1, 0.15) is 23.7 Å². The van der Waals surface area contributed by atoms with E-state index in [1.807, 2.05) is 60.7 Å². The second-order valence-electron chi connectivity index (χ2n) is 11.8. The van der Waals surface area contributed by atoms with E-state index in [0.29, 0.717) is 24.3 Å². The van der Waals surface area contributed by atoms with Crippen molar-refractivity contribution < 1.29 is 24.3 Å². The fraction of sp³-hybridized carbons (Fsp3) is 0.237. The topological polar surface area (TPSA) is 156 Å². The van der Waals surface area contributed by atoms with Crippen molar-refractivity contribution in [2.24, 2.45) is 0 Å². The first-order chi connectivity index (χ1) is 24.3. The Morgan fingerprint density at radius 3 is 2.16 bits per heavy atom. The molecule has 4 aromatic rings. The van der Waals surface area contributed by atoms with E-state index in [-0.39, 0.29) is 61.8 Å². The van der Waals surface area contributed by atoms with Gasteiger partial charge in [-0.05, 0) is 41.0 Å². The third-order valence-corrected chi connectivity index (χ3v) is 8.16. The summed E-state index contributed by atoms with van der Waals surface area (Å²) in [4.78, 5) is 61.8. The molecule has 50 heavy (non-hydrogen) atoms. The summed E-state index contributed by atoms with van der Waals surface area (Å²) in [6, 6.07) is 28.9. The summed E-state index contributed by atoms with van der Waals surface area (Å²) < 4.78 is 0. The number of carbonyl (C=O) groups excluding carboxylic acids is 4. The maximum atomic E-state index is 14.3. The maximum absolute atomic E-state index is 14.3. The molecule has 5 amide bonds. The zero-order chi connectivity index (χ0) is 35.3. The minimum Gasteiger partial charge on any atom is -0.508 e.